The molecule has 3 N–H and O–H groups in total. The largest absolute Gasteiger partial charge is 0.384 e. The van der Waals surface area contributed by atoms with Crippen LogP contribution in [-0.4, -0.2) is 15.4 Å². The number of aromatic nitrogens is 2. The first kappa shape index (κ1) is 13.7. The summed E-state index contributed by atoms with van der Waals surface area (Å²) in [6.45, 7) is 2.05. The van der Waals surface area contributed by atoms with Gasteiger partial charge >= 0.3 is 0 Å². The third-order valence-electron chi connectivity index (χ3n) is 2.80. The number of hydrogen-bond donors (Lipinski definition) is 2. The van der Waals surface area contributed by atoms with E-state index in [0.717, 1.165) is 18.7 Å². The number of hydrogen-bond acceptors (Lipinski definition) is 2. The van der Waals surface area contributed by atoms with Gasteiger partial charge in [-0.1, -0.05) is 6.92 Å². The van der Waals surface area contributed by atoms with Crippen LogP contribution in [0, 0.1) is 11.2 Å². The van der Waals surface area contributed by atoms with Crippen molar-refractivity contribution in [3.8, 4) is 5.69 Å². The number of rotatable bonds is 4. The van der Waals surface area contributed by atoms with Gasteiger partial charge in [-0.2, -0.15) is 0 Å². The number of imidazole rings is 1. The molecule has 0 saturated carbocycles. The predicted octanol–water partition coefficient (Wildman–Crippen LogP) is 3.01. The Kier molecular flexibility index (Phi) is 3.99. The van der Waals surface area contributed by atoms with Gasteiger partial charge < -0.3 is 10.3 Å². The van der Waals surface area contributed by atoms with Crippen LogP contribution < -0.4 is 5.73 Å². The molecule has 1 aromatic heterocycles. The van der Waals surface area contributed by atoms with Crippen LogP contribution in [0.25, 0.3) is 5.69 Å². The van der Waals surface area contributed by atoms with Crippen molar-refractivity contribution in [3.05, 3.63) is 46.2 Å². The minimum atomic E-state index is -0.442. The van der Waals surface area contributed by atoms with Gasteiger partial charge in [0.05, 0.1) is 10.2 Å². The number of nitrogens with zero attached hydrogens (tertiary/aromatic N) is 2. The third-order valence-corrected chi connectivity index (χ3v) is 3.58. The Bertz CT molecular complexity index is 621. The van der Waals surface area contributed by atoms with Crippen molar-refractivity contribution in [2.45, 2.75) is 19.8 Å². The quantitative estimate of drug-likeness (QED) is 0.670. The summed E-state index contributed by atoms with van der Waals surface area (Å²) in [6.07, 6.45) is 5.09. The molecule has 2 aromatic rings. The fraction of sp³-hybridized carbons (Fsp3) is 0.231. The first-order valence-electron chi connectivity index (χ1n) is 5.91. The normalized spacial score (nSPS) is 10.7. The molecule has 0 spiro atoms. The standard InChI is InChI=1S/C13H14BrFN4/c1-2-3-10-18-6-7-19(10)9-5-4-8(13(16)17)11(14)12(9)15/h4-7H,2-3H2,1H3,(H3,16,17). The van der Waals surface area contributed by atoms with Crippen LogP contribution in [-0.2, 0) is 6.42 Å². The van der Waals surface area contributed by atoms with Crippen molar-refractivity contribution in [3.63, 3.8) is 0 Å². The summed E-state index contributed by atoms with van der Waals surface area (Å²) in [7, 11) is 0. The Labute approximate surface area is 119 Å². The fourth-order valence-electron chi connectivity index (χ4n) is 1.90. The highest BCUT2D eigenvalue weighted by molar-refractivity contribution is 9.10. The highest BCUT2D eigenvalue weighted by atomic mass is 79.9. The van der Waals surface area contributed by atoms with E-state index in [1.54, 1.807) is 29.1 Å². The highest BCUT2D eigenvalue weighted by Gasteiger charge is 2.15. The van der Waals surface area contributed by atoms with Crippen LogP contribution in [0.3, 0.4) is 0 Å². The van der Waals surface area contributed by atoms with Crippen molar-refractivity contribution in [1.82, 2.24) is 9.55 Å². The highest BCUT2D eigenvalue weighted by Crippen LogP contribution is 2.26. The fourth-order valence-corrected chi connectivity index (χ4v) is 2.44. The van der Waals surface area contributed by atoms with Gasteiger partial charge in [0.25, 0.3) is 0 Å². The second kappa shape index (κ2) is 5.52. The monoisotopic (exact) mass is 324 g/mol. The lowest BCUT2D eigenvalue weighted by molar-refractivity contribution is 0.607. The molecule has 4 nitrogen and oxygen atoms in total. The molecule has 100 valence electrons. The SMILES string of the molecule is CCCc1nccn1-c1ccc(C(=N)N)c(Br)c1F. The van der Waals surface area contributed by atoms with Crippen LogP contribution in [0.1, 0.15) is 24.7 Å². The molecular formula is C13H14BrFN4. The number of amidine groups is 1. The van der Waals surface area contributed by atoms with Gasteiger partial charge in [0.1, 0.15) is 11.7 Å². The lowest BCUT2D eigenvalue weighted by Gasteiger charge is -2.11. The van der Waals surface area contributed by atoms with Gasteiger partial charge in [0.15, 0.2) is 5.82 Å². The smallest absolute Gasteiger partial charge is 0.162 e. The maximum absolute atomic E-state index is 14.4. The lowest BCUT2D eigenvalue weighted by atomic mass is 10.1. The Morgan fingerprint density at radius 3 is 2.89 bits per heavy atom. The molecule has 0 aliphatic carbocycles. The Morgan fingerprint density at radius 1 is 1.53 bits per heavy atom. The molecule has 1 heterocycles. The van der Waals surface area contributed by atoms with E-state index >= 15 is 0 Å². The Hall–Kier alpha value is -1.69. The molecular weight excluding hydrogens is 311 g/mol. The summed E-state index contributed by atoms with van der Waals surface area (Å²) in [5, 5.41) is 7.39. The maximum Gasteiger partial charge on any atom is 0.162 e. The number of benzene rings is 1. The van der Waals surface area contributed by atoms with Gasteiger partial charge in [-0.15, -0.1) is 0 Å². The van der Waals surface area contributed by atoms with Gasteiger partial charge in [0.2, 0.25) is 0 Å². The number of nitrogen functional groups attached to an aromatic ring is 1. The summed E-state index contributed by atoms with van der Waals surface area (Å²) in [5.41, 5.74) is 6.14. The Morgan fingerprint density at radius 2 is 2.26 bits per heavy atom. The van der Waals surface area contributed by atoms with Gasteiger partial charge in [-0.3, -0.25) is 5.41 Å². The summed E-state index contributed by atoms with van der Waals surface area (Å²) in [4.78, 5) is 4.22. The van der Waals surface area contributed by atoms with E-state index < -0.39 is 5.82 Å². The van der Waals surface area contributed by atoms with Gasteiger partial charge in [0, 0.05) is 24.4 Å². The molecule has 0 fully saturated rings. The zero-order valence-corrected chi connectivity index (χ0v) is 12.0. The molecule has 0 radical (unpaired) electrons. The maximum atomic E-state index is 14.4. The van der Waals surface area contributed by atoms with Gasteiger partial charge in [-0.05, 0) is 34.5 Å². The predicted molar refractivity (Wildman–Crippen MR) is 76.2 cm³/mol. The van der Waals surface area contributed by atoms with Crippen LogP contribution in [0.5, 0.6) is 0 Å². The van der Waals surface area contributed by atoms with Crippen LogP contribution in [0.15, 0.2) is 29.0 Å². The van der Waals surface area contributed by atoms with E-state index in [4.69, 9.17) is 11.1 Å². The summed E-state index contributed by atoms with van der Waals surface area (Å²) in [5.74, 6) is 0.198. The first-order valence-corrected chi connectivity index (χ1v) is 6.70. The molecule has 0 bridgehead atoms. The van der Waals surface area contributed by atoms with Crippen molar-refractivity contribution < 1.29 is 4.39 Å². The number of halogens is 2. The van der Waals surface area contributed by atoms with Crippen molar-refractivity contribution >= 4 is 21.8 Å². The average Bonchev–Trinajstić information content (AvgIpc) is 2.81. The summed E-state index contributed by atoms with van der Waals surface area (Å²) < 4.78 is 16.3. The zero-order valence-electron chi connectivity index (χ0n) is 10.5. The second-order valence-corrected chi connectivity index (χ2v) is 4.93. The molecule has 0 unspecified atom stereocenters. The van der Waals surface area contributed by atoms with E-state index in [2.05, 4.69) is 20.9 Å². The van der Waals surface area contributed by atoms with Crippen LogP contribution in [0.4, 0.5) is 4.39 Å². The molecule has 0 aliphatic heterocycles. The van der Waals surface area contributed by atoms with Crippen molar-refractivity contribution in [1.29, 1.82) is 5.41 Å². The molecule has 6 heteroatoms. The molecule has 19 heavy (non-hydrogen) atoms. The van der Waals surface area contributed by atoms with E-state index in [0.29, 0.717) is 11.3 Å². The molecule has 0 saturated heterocycles. The number of aryl methyl sites for hydroxylation is 1. The van der Waals surface area contributed by atoms with E-state index in [1.165, 1.54) is 0 Å². The average molecular weight is 325 g/mol. The summed E-state index contributed by atoms with van der Waals surface area (Å²) >= 11 is 3.15. The zero-order chi connectivity index (χ0) is 14.0. The molecule has 1 aromatic carbocycles. The first-order chi connectivity index (χ1) is 9.06. The summed E-state index contributed by atoms with van der Waals surface area (Å²) in [6, 6.07) is 3.23. The van der Waals surface area contributed by atoms with Crippen molar-refractivity contribution in [2.75, 3.05) is 0 Å². The van der Waals surface area contributed by atoms with E-state index in [-0.39, 0.29) is 10.3 Å². The van der Waals surface area contributed by atoms with E-state index in [9.17, 15) is 4.39 Å². The van der Waals surface area contributed by atoms with E-state index in [1.807, 2.05) is 6.92 Å². The number of nitrogens with two attached hydrogens (primary N) is 1. The second-order valence-electron chi connectivity index (χ2n) is 4.14. The number of nitrogens with one attached hydrogen (secondary N) is 1. The Balaban J connectivity index is 2.54. The molecule has 0 atom stereocenters. The van der Waals surface area contributed by atoms with Crippen LogP contribution >= 0.6 is 15.9 Å². The minimum Gasteiger partial charge on any atom is -0.384 e. The lowest BCUT2D eigenvalue weighted by Crippen LogP contribution is -2.13. The molecule has 0 aliphatic rings. The van der Waals surface area contributed by atoms with Crippen molar-refractivity contribution in [2.24, 2.45) is 5.73 Å². The minimum absolute atomic E-state index is 0.170. The van der Waals surface area contributed by atoms with Gasteiger partial charge in [-0.25, -0.2) is 9.37 Å². The topological polar surface area (TPSA) is 67.7 Å². The molecule has 2 rings (SSSR count). The third kappa shape index (κ3) is 2.53. The molecule has 0 amide bonds. The van der Waals surface area contributed by atoms with Crippen LogP contribution in [0.2, 0.25) is 0 Å².